The van der Waals surface area contributed by atoms with Crippen molar-refractivity contribution in [1.82, 2.24) is 15.0 Å². The molecule has 0 saturated carbocycles. The molecule has 9 aromatic carbocycles. The van der Waals surface area contributed by atoms with E-state index < -0.39 is 5.41 Å². The number of hydrogen-bond acceptors (Lipinski definition) is 3. The Hall–Kier alpha value is -7.23. The maximum atomic E-state index is 5.44. The van der Waals surface area contributed by atoms with Crippen LogP contribution >= 0.6 is 0 Å². The Morgan fingerprint density at radius 1 is 0.291 bits per heavy atom. The third-order valence-electron chi connectivity index (χ3n) is 11.9. The number of fused-ring (bicyclic) bond motifs is 14. The fourth-order valence-electron chi connectivity index (χ4n) is 9.63. The summed E-state index contributed by atoms with van der Waals surface area (Å²) in [6.45, 7) is 0. The minimum Gasteiger partial charge on any atom is -0.208 e. The van der Waals surface area contributed by atoms with Gasteiger partial charge in [0.1, 0.15) is 0 Å². The van der Waals surface area contributed by atoms with Crippen LogP contribution in [-0.2, 0) is 5.41 Å². The van der Waals surface area contributed by atoms with Gasteiger partial charge in [0.2, 0.25) is 0 Å². The molecular formula is C52H31N3. The van der Waals surface area contributed by atoms with Crippen LogP contribution < -0.4 is 0 Å². The molecule has 1 aromatic heterocycles. The topological polar surface area (TPSA) is 38.7 Å². The standard InChI is InChI=1S/C52H31N3/c1-2-15-33(16-3-1)49-53-50(55-51(54-49)48-37-19-7-5-17-34(37)30-43-36-18-6-4-14-32(36)26-29-42(43)48)35-27-28-41-40-22-10-13-25-46(40)52(47(41)31-35)44-23-11-8-20-38(44)39-21-9-12-24-45(39)52/h1-31H. The monoisotopic (exact) mass is 697 g/mol. The first-order valence-corrected chi connectivity index (χ1v) is 18.9. The van der Waals surface area contributed by atoms with Crippen molar-refractivity contribution in [2.75, 3.05) is 0 Å². The summed E-state index contributed by atoms with van der Waals surface area (Å²) in [4.78, 5) is 16.0. The van der Waals surface area contributed by atoms with Gasteiger partial charge < -0.3 is 0 Å². The third kappa shape index (κ3) is 4.18. The molecule has 12 rings (SSSR count). The first kappa shape index (κ1) is 30.3. The average Bonchev–Trinajstić information content (AvgIpc) is 3.73. The number of rotatable bonds is 3. The van der Waals surface area contributed by atoms with Gasteiger partial charge in [-0.25, -0.2) is 15.0 Å². The predicted molar refractivity (Wildman–Crippen MR) is 225 cm³/mol. The van der Waals surface area contributed by atoms with E-state index >= 15 is 0 Å². The molecule has 0 fully saturated rings. The van der Waals surface area contributed by atoms with E-state index in [1.165, 1.54) is 60.7 Å². The first-order valence-electron chi connectivity index (χ1n) is 18.9. The quantitative estimate of drug-likeness (QED) is 0.136. The molecule has 0 unspecified atom stereocenters. The zero-order chi connectivity index (χ0) is 36.1. The Kier molecular flexibility index (Phi) is 6.26. The lowest BCUT2D eigenvalue weighted by molar-refractivity contribution is 0.794. The highest BCUT2D eigenvalue weighted by atomic mass is 15.0. The highest BCUT2D eigenvalue weighted by molar-refractivity contribution is 6.19. The van der Waals surface area contributed by atoms with Gasteiger partial charge in [-0.3, -0.25) is 0 Å². The molecule has 0 bridgehead atoms. The molecule has 0 saturated heterocycles. The molecule has 55 heavy (non-hydrogen) atoms. The normalized spacial score (nSPS) is 13.2. The van der Waals surface area contributed by atoms with Crippen LogP contribution in [0.4, 0.5) is 0 Å². The molecule has 1 heterocycles. The predicted octanol–water partition coefficient (Wildman–Crippen LogP) is 12.7. The lowest BCUT2D eigenvalue weighted by Crippen LogP contribution is -2.25. The molecule has 2 aliphatic carbocycles. The molecule has 254 valence electrons. The fourth-order valence-corrected chi connectivity index (χ4v) is 9.63. The molecule has 1 spiro atoms. The van der Waals surface area contributed by atoms with Crippen LogP contribution in [0.2, 0.25) is 0 Å². The van der Waals surface area contributed by atoms with E-state index in [1.807, 2.05) is 18.2 Å². The summed E-state index contributed by atoms with van der Waals surface area (Å²) < 4.78 is 0. The Morgan fingerprint density at radius 2 is 0.818 bits per heavy atom. The Labute approximate surface area is 318 Å². The van der Waals surface area contributed by atoms with Gasteiger partial charge >= 0.3 is 0 Å². The zero-order valence-electron chi connectivity index (χ0n) is 29.7. The Balaban J connectivity index is 1.16. The van der Waals surface area contributed by atoms with Gasteiger partial charge in [0.05, 0.1) is 5.41 Å². The number of nitrogens with zero attached hydrogens (tertiary/aromatic N) is 3. The van der Waals surface area contributed by atoms with Crippen LogP contribution in [0.15, 0.2) is 188 Å². The van der Waals surface area contributed by atoms with Gasteiger partial charge in [-0.15, -0.1) is 0 Å². The zero-order valence-corrected chi connectivity index (χ0v) is 29.7. The number of benzene rings is 9. The highest BCUT2D eigenvalue weighted by Gasteiger charge is 2.51. The van der Waals surface area contributed by atoms with E-state index in [1.54, 1.807) is 0 Å². The van der Waals surface area contributed by atoms with Crippen LogP contribution in [0.3, 0.4) is 0 Å². The van der Waals surface area contributed by atoms with E-state index in [4.69, 9.17) is 15.0 Å². The fraction of sp³-hybridized carbons (Fsp3) is 0.0192. The van der Waals surface area contributed by atoms with Crippen molar-refractivity contribution in [3.63, 3.8) is 0 Å². The van der Waals surface area contributed by atoms with Crippen LogP contribution in [0, 0.1) is 0 Å². The lowest BCUT2D eigenvalue weighted by Gasteiger charge is -2.30. The van der Waals surface area contributed by atoms with Crippen molar-refractivity contribution < 1.29 is 0 Å². The second kappa shape index (κ2) is 11.4. The summed E-state index contributed by atoms with van der Waals surface area (Å²) in [6.07, 6.45) is 0. The highest BCUT2D eigenvalue weighted by Crippen LogP contribution is 2.63. The second-order valence-electron chi connectivity index (χ2n) is 14.7. The SMILES string of the molecule is c1ccc(-c2nc(-c3ccc4c(c3)C3(c5ccccc5-c5ccccc53)c3ccccc3-4)nc(-c3c4ccccc4cc4c3ccc3ccccc34)n2)cc1. The largest absolute Gasteiger partial charge is 0.208 e. The number of aromatic nitrogens is 3. The maximum Gasteiger partial charge on any atom is 0.165 e. The van der Waals surface area contributed by atoms with Crippen LogP contribution in [0.25, 0.3) is 88.7 Å². The lowest BCUT2D eigenvalue weighted by atomic mass is 9.70. The minimum atomic E-state index is -0.458. The average molecular weight is 698 g/mol. The molecule has 3 heteroatoms. The van der Waals surface area contributed by atoms with Gasteiger partial charge in [0.25, 0.3) is 0 Å². The summed E-state index contributed by atoms with van der Waals surface area (Å²) in [5, 5.41) is 7.00. The van der Waals surface area contributed by atoms with Gasteiger partial charge in [-0.2, -0.15) is 0 Å². The molecule has 0 radical (unpaired) electrons. The molecule has 3 nitrogen and oxygen atoms in total. The van der Waals surface area contributed by atoms with Gasteiger partial charge in [0.15, 0.2) is 17.5 Å². The maximum absolute atomic E-state index is 5.44. The van der Waals surface area contributed by atoms with E-state index in [-0.39, 0.29) is 0 Å². The van der Waals surface area contributed by atoms with Crippen LogP contribution in [0.1, 0.15) is 22.3 Å². The van der Waals surface area contributed by atoms with Crippen LogP contribution in [0.5, 0.6) is 0 Å². The smallest absolute Gasteiger partial charge is 0.165 e. The van der Waals surface area contributed by atoms with E-state index in [0.29, 0.717) is 17.5 Å². The summed E-state index contributed by atoms with van der Waals surface area (Å²) in [5.41, 5.74) is 12.8. The van der Waals surface area contributed by atoms with E-state index in [9.17, 15) is 0 Å². The summed E-state index contributed by atoms with van der Waals surface area (Å²) >= 11 is 0. The molecule has 0 N–H and O–H groups in total. The molecule has 0 amide bonds. The van der Waals surface area contributed by atoms with Crippen molar-refractivity contribution in [3.05, 3.63) is 210 Å². The molecule has 0 aliphatic heterocycles. The molecule has 0 atom stereocenters. The molecule has 2 aliphatic rings. The summed E-state index contributed by atoms with van der Waals surface area (Å²) in [7, 11) is 0. The van der Waals surface area contributed by atoms with Crippen molar-refractivity contribution in [3.8, 4) is 56.4 Å². The minimum absolute atomic E-state index is 0.458. The van der Waals surface area contributed by atoms with Crippen molar-refractivity contribution in [2.24, 2.45) is 0 Å². The third-order valence-corrected chi connectivity index (χ3v) is 11.9. The number of hydrogen-bond donors (Lipinski definition) is 0. The van der Waals surface area contributed by atoms with Crippen molar-refractivity contribution >= 4 is 32.3 Å². The van der Waals surface area contributed by atoms with E-state index in [2.05, 4.69) is 170 Å². The van der Waals surface area contributed by atoms with Crippen molar-refractivity contribution in [1.29, 1.82) is 0 Å². The van der Waals surface area contributed by atoms with Gasteiger partial charge in [-0.05, 0) is 89.0 Å². The Bertz CT molecular complexity index is 3150. The summed E-state index contributed by atoms with van der Waals surface area (Å²) in [5.74, 6) is 1.97. The van der Waals surface area contributed by atoms with Crippen molar-refractivity contribution in [2.45, 2.75) is 5.41 Å². The molecular weight excluding hydrogens is 667 g/mol. The first-order chi connectivity index (χ1) is 27.3. The molecule has 10 aromatic rings. The van der Waals surface area contributed by atoms with E-state index in [0.717, 1.165) is 32.8 Å². The summed E-state index contributed by atoms with van der Waals surface area (Å²) in [6, 6.07) is 67.9. The van der Waals surface area contributed by atoms with Gasteiger partial charge in [0, 0.05) is 16.7 Å². The van der Waals surface area contributed by atoms with Gasteiger partial charge in [-0.1, -0.05) is 176 Å². The van der Waals surface area contributed by atoms with Crippen LogP contribution in [-0.4, -0.2) is 15.0 Å². The second-order valence-corrected chi connectivity index (χ2v) is 14.7. The Morgan fingerprint density at radius 3 is 1.51 bits per heavy atom.